The van der Waals surface area contributed by atoms with Crippen molar-refractivity contribution in [3.05, 3.63) is 52.6 Å². The molecule has 3 aliphatic rings. The van der Waals surface area contributed by atoms with Crippen molar-refractivity contribution in [1.82, 2.24) is 0 Å². The van der Waals surface area contributed by atoms with Gasteiger partial charge in [0.15, 0.2) is 5.78 Å². The van der Waals surface area contributed by atoms with E-state index in [0.29, 0.717) is 11.0 Å². The van der Waals surface area contributed by atoms with E-state index in [1.807, 2.05) is 11.8 Å². The summed E-state index contributed by atoms with van der Waals surface area (Å²) in [5, 5.41) is 0.408. The lowest BCUT2D eigenvalue weighted by atomic mass is 9.86. The van der Waals surface area contributed by atoms with Crippen molar-refractivity contribution in [3.8, 4) is 0 Å². The Morgan fingerprint density at radius 1 is 1.11 bits per heavy atom. The average Bonchev–Trinajstić information content (AvgIpc) is 2.46. The van der Waals surface area contributed by atoms with Gasteiger partial charge in [-0.1, -0.05) is 24.3 Å². The molecular formula is C17H16OS. The number of ketones is 1. The third-order valence-corrected chi connectivity index (χ3v) is 5.84. The van der Waals surface area contributed by atoms with Crippen molar-refractivity contribution in [2.24, 2.45) is 0 Å². The van der Waals surface area contributed by atoms with Crippen LogP contribution >= 0.6 is 11.8 Å². The Balaban J connectivity index is 1.83. The molecule has 0 aromatic heterocycles. The Hall–Kier alpha value is -1.28. The average molecular weight is 268 g/mol. The first-order valence-corrected chi connectivity index (χ1v) is 7.94. The van der Waals surface area contributed by atoms with Crippen molar-refractivity contribution < 1.29 is 4.79 Å². The van der Waals surface area contributed by atoms with Gasteiger partial charge in [0.05, 0.1) is 0 Å². The minimum absolute atomic E-state index is 0.383. The summed E-state index contributed by atoms with van der Waals surface area (Å²) in [6, 6.07) is 8.73. The molecule has 1 aromatic carbocycles. The number of Topliss-reactive ketones (excluding diaryl/α,β-unsaturated/α-hetero) is 1. The molecule has 0 bridgehead atoms. The number of allylic oxidation sites excluding steroid dienone is 2. The standard InChI is InChI=1S/C17H16OS/c18-15-6-3-7-16-14(15)10-12-9-8-11-4-1-2-5-13(11)17(12)19-16/h1-2,4-5,10,16H,3,6-9H2. The Morgan fingerprint density at radius 3 is 2.95 bits per heavy atom. The molecule has 0 amide bonds. The lowest BCUT2D eigenvalue weighted by Gasteiger charge is -2.33. The van der Waals surface area contributed by atoms with Gasteiger partial charge in [-0.05, 0) is 48.5 Å². The van der Waals surface area contributed by atoms with E-state index in [1.165, 1.54) is 21.6 Å². The molecule has 1 fully saturated rings. The molecule has 2 heteroatoms. The van der Waals surface area contributed by atoms with Crippen LogP contribution in [-0.2, 0) is 11.2 Å². The zero-order valence-electron chi connectivity index (χ0n) is 10.8. The summed E-state index contributed by atoms with van der Waals surface area (Å²) in [5.41, 5.74) is 5.36. The van der Waals surface area contributed by atoms with Gasteiger partial charge in [0.1, 0.15) is 0 Å². The minimum atomic E-state index is 0.383. The quantitative estimate of drug-likeness (QED) is 0.703. The van der Waals surface area contributed by atoms with Gasteiger partial charge in [-0.2, -0.15) is 0 Å². The zero-order chi connectivity index (χ0) is 12.8. The van der Waals surface area contributed by atoms with Gasteiger partial charge in [0.25, 0.3) is 0 Å². The Bertz CT molecular complexity index is 624. The first-order chi connectivity index (χ1) is 9.33. The molecule has 0 radical (unpaired) electrons. The number of carbonyl (C=O) groups excluding carboxylic acids is 1. The van der Waals surface area contributed by atoms with Gasteiger partial charge < -0.3 is 0 Å². The van der Waals surface area contributed by atoms with Crippen LogP contribution in [0.1, 0.15) is 36.8 Å². The second-order valence-electron chi connectivity index (χ2n) is 5.53. The number of benzene rings is 1. The second-order valence-corrected chi connectivity index (χ2v) is 6.75. The fourth-order valence-corrected chi connectivity index (χ4v) is 4.88. The number of hydrogen-bond donors (Lipinski definition) is 0. The van der Waals surface area contributed by atoms with Crippen LogP contribution in [-0.4, -0.2) is 11.0 Å². The van der Waals surface area contributed by atoms with Crippen LogP contribution in [0.4, 0.5) is 0 Å². The molecule has 19 heavy (non-hydrogen) atoms. The fourth-order valence-electron chi connectivity index (χ4n) is 3.35. The van der Waals surface area contributed by atoms with Gasteiger partial charge in [-0.3, -0.25) is 4.79 Å². The van der Waals surface area contributed by atoms with Gasteiger partial charge in [0, 0.05) is 22.1 Å². The van der Waals surface area contributed by atoms with E-state index < -0.39 is 0 Å². The topological polar surface area (TPSA) is 17.1 Å². The Kier molecular flexibility index (Phi) is 2.66. The molecule has 1 aliphatic heterocycles. The van der Waals surface area contributed by atoms with Crippen LogP contribution in [0.2, 0.25) is 0 Å². The van der Waals surface area contributed by atoms with Crippen molar-refractivity contribution in [2.75, 3.05) is 0 Å². The molecule has 1 heterocycles. The summed E-state index contributed by atoms with van der Waals surface area (Å²) < 4.78 is 0. The van der Waals surface area contributed by atoms with Crippen LogP contribution in [0.25, 0.3) is 4.91 Å². The highest BCUT2D eigenvalue weighted by atomic mass is 32.2. The SMILES string of the molecule is O=C1CCCC2SC3=C(C=C12)CCc1ccccc13. The maximum Gasteiger partial charge on any atom is 0.160 e. The van der Waals surface area contributed by atoms with Gasteiger partial charge >= 0.3 is 0 Å². The van der Waals surface area contributed by atoms with Crippen LogP contribution in [0.5, 0.6) is 0 Å². The maximum atomic E-state index is 12.0. The molecule has 1 nitrogen and oxygen atoms in total. The van der Waals surface area contributed by atoms with E-state index in [0.717, 1.165) is 37.7 Å². The number of aryl methyl sites for hydroxylation is 1. The summed E-state index contributed by atoms with van der Waals surface area (Å²) in [6.45, 7) is 0. The number of hydrogen-bond acceptors (Lipinski definition) is 2. The molecular weight excluding hydrogens is 252 g/mol. The third-order valence-electron chi connectivity index (χ3n) is 4.35. The van der Waals surface area contributed by atoms with Crippen LogP contribution < -0.4 is 0 Å². The van der Waals surface area contributed by atoms with Crippen molar-refractivity contribution in [1.29, 1.82) is 0 Å². The summed E-state index contributed by atoms with van der Waals surface area (Å²) in [7, 11) is 0. The van der Waals surface area contributed by atoms with Gasteiger partial charge in [-0.15, -0.1) is 11.8 Å². The zero-order valence-corrected chi connectivity index (χ0v) is 11.6. The summed E-state index contributed by atoms with van der Waals surface area (Å²) in [4.78, 5) is 13.5. The molecule has 2 aliphatic carbocycles. The highest BCUT2D eigenvalue weighted by molar-refractivity contribution is 8.09. The highest BCUT2D eigenvalue weighted by Crippen LogP contribution is 2.49. The first kappa shape index (κ1) is 11.5. The molecule has 4 rings (SSSR count). The van der Waals surface area contributed by atoms with Crippen molar-refractivity contribution >= 4 is 22.5 Å². The third kappa shape index (κ3) is 1.81. The van der Waals surface area contributed by atoms with Crippen LogP contribution in [0.15, 0.2) is 41.5 Å². The molecule has 1 unspecified atom stereocenters. The van der Waals surface area contributed by atoms with E-state index in [2.05, 4.69) is 30.3 Å². The molecule has 0 N–H and O–H groups in total. The van der Waals surface area contributed by atoms with E-state index in [9.17, 15) is 4.79 Å². The molecule has 1 saturated carbocycles. The Morgan fingerprint density at radius 2 is 2.00 bits per heavy atom. The molecule has 0 saturated heterocycles. The largest absolute Gasteiger partial charge is 0.295 e. The Labute approximate surface area is 117 Å². The minimum Gasteiger partial charge on any atom is -0.295 e. The van der Waals surface area contributed by atoms with Crippen molar-refractivity contribution in [2.45, 2.75) is 37.4 Å². The number of carbonyl (C=O) groups is 1. The lowest BCUT2D eigenvalue weighted by molar-refractivity contribution is -0.116. The van der Waals surface area contributed by atoms with Gasteiger partial charge in [-0.25, -0.2) is 0 Å². The molecule has 96 valence electrons. The summed E-state index contributed by atoms with van der Waals surface area (Å²) in [6.07, 6.45) is 7.37. The lowest BCUT2D eigenvalue weighted by Crippen LogP contribution is -2.24. The maximum absolute atomic E-state index is 12.0. The predicted octanol–water partition coefficient (Wildman–Crippen LogP) is 4.14. The second kappa shape index (κ2) is 4.38. The summed E-state index contributed by atoms with van der Waals surface area (Å²) >= 11 is 1.94. The number of thioether (sulfide) groups is 1. The van der Waals surface area contributed by atoms with Crippen molar-refractivity contribution in [3.63, 3.8) is 0 Å². The highest BCUT2D eigenvalue weighted by Gasteiger charge is 2.33. The van der Waals surface area contributed by atoms with E-state index in [1.54, 1.807) is 0 Å². The molecule has 0 spiro atoms. The van der Waals surface area contributed by atoms with E-state index in [4.69, 9.17) is 0 Å². The van der Waals surface area contributed by atoms with E-state index in [-0.39, 0.29) is 0 Å². The fraction of sp³-hybridized carbons (Fsp3) is 0.353. The van der Waals surface area contributed by atoms with E-state index >= 15 is 0 Å². The predicted molar refractivity (Wildman–Crippen MR) is 80.0 cm³/mol. The monoisotopic (exact) mass is 268 g/mol. The smallest absolute Gasteiger partial charge is 0.160 e. The molecule has 1 atom stereocenters. The number of fused-ring (bicyclic) bond motifs is 3. The molecule has 1 aromatic rings. The first-order valence-electron chi connectivity index (χ1n) is 7.06. The van der Waals surface area contributed by atoms with Gasteiger partial charge in [0.2, 0.25) is 0 Å². The number of rotatable bonds is 0. The summed E-state index contributed by atoms with van der Waals surface area (Å²) in [5.74, 6) is 0.383. The normalized spacial score (nSPS) is 25.4. The van der Waals surface area contributed by atoms with Crippen LogP contribution in [0, 0.1) is 0 Å². The van der Waals surface area contributed by atoms with Crippen LogP contribution in [0.3, 0.4) is 0 Å².